The van der Waals surface area contributed by atoms with Crippen LogP contribution in [-0.4, -0.2) is 21.5 Å². The van der Waals surface area contributed by atoms with Crippen molar-refractivity contribution in [3.63, 3.8) is 0 Å². The maximum absolute atomic E-state index is 12.0. The molecule has 1 rings (SSSR count). The van der Waals surface area contributed by atoms with Crippen LogP contribution in [0.15, 0.2) is 23.1 Å². The van der Waals surface area contributed by atoms with E-state index in [-0.39, 0.29) is 4.90 Å². The molecule has 0 spiro atoms. The van der Waals surface area contributed by atoms with Crippen molar-refractivity contribution in [2.45, 2.75) is 38.1 Å². The lowest BCUT2D eigenvalue weighted by Crippen LogP contribution is -2.24. The van der Waals surface area contributed by atoms with Gasteiger partial charge >= 0.3 is 0 Å². The third-order valence-electron chi connectivity index (χ3n) is 2.72. The van der Waals surface area contributed by atoms with Gasteiger partial charge in [-0.05, 0) is 30.7 Å². The number of sulfonamides is 1. The van der Waals surface area contributed by atoms with Crippen LogP contribution < -0.4 is 10.0 Å². The first-order chi connectivity index (χ1) is 9.01. The molecule has 0 heterocycles. The van der Waals surface area contributed by atoms with Crippen molar-refractivity contribution in [2.24, 2.45) is 0 Å². The third-order valence-corrected chi connectivity index (χ3v) is 4.53. The molecule has 0 aliphatic carbocycles. The quantitative estimate of drug-likeness (QED) is 0.726. The Morgan fingerprint density at radius 1 is 1.26 bits per heavy atom. The Labute approximate surface area is 120 Å². The third kappa shape index (κ3) is 5.10. The van der Waals surface area contributed by atoms with Crippen molar-refractivity contribution in [1.82, 2.24) is 10.0 Å². The molecule has 4 nitrogen and oxygen atoms in total. The van der Waals surface area contributed by atoms with Crippen molar-refractivity contribution in [3.8, 4) is 0 Å². The first kappa shape index (κ1) is 16.4. The van der Waals surface area contributed by atoms with Crippen molar-refractivity contribution < 1.29 is 8.42 Å². The van der Waals surface area contributed by atoms with E-state index in [1.165, 1.54) is 6.07 Å². The Hall–Kier alpha value is -0.620. The maximum atomic E-state index is 12.0. The van der Waals surface area contributed by atoms with E-state index in [2.05, 4.69) is 10.0 Å². The average molecular weight is 305 g/mol. The van der Waals surface area contributed by atoms with Gasteiger partial charge in [0.1, 0.15) is 0 Å². The van der Waals surface area contributed by atoms with Crippen molar-refractivity contribution in [3.05, 3.63) is 28.8 Å². The van der Waals surface area contributed by atoms with Crippen LogP contribution in [-0.2, 0) is 16.6 Å². The number of unbranched alkanes of at least 4 members (excludes halogenated alkanes) is 1. The molecule has 0 aliphatic rings. The van der Waals surface area contributed by atoms with Gasteiger partial charge < -0.3 is 5.32 Å². The summed E-state index contributed by atoms with van der Waals surface area (Å²) in [5, 5.41) is 3.63. The van der Waals surface area contributed by atoms with Crippen LogP contribution in [0.4, 0.5) is 0 Å². The van der Waals surface area contributed by atoms with E-state index in [1.807, 2.05) is 13.8 Å². The highest BCUT2D eigenvalue weighted by Crippen LogP contribution is 2.20. The molecule has 1 aromatic carbocycles. The Morgan fingerprint density at radius 2 is 2.00 bits per heavy atom. The predicted molar refractivity (Wildman–Crippen MR) is 78.9 cm³/mol. The van der Waals surface area contributed by atoms with Gasteiger partial charge in [0, 0.05) is 18.1 Å². The van der Waals surface area contributed by atoms with Crippen molar-refractivity contribution in [2.75, 3.05) is 13.1 Å². The Kier molecular flexibility index (Phi) is 6.79. The van der Waals surface area contributed by atoms with Gasteiger partial charge in [0.2, 0.25) is 10.0 Å². The highest BCUT2D eigenvalue weighted by Gasteiger charge is 2.14. The normalized spacial score (nSPS) is 11.7. The summed E-state index contributed by atoms with van der Waals surface area (Å²) in [7, 11) is -3.45. The number of hydrogen-bond acceptors (Lipinski definition) is 3. The van der Waals surface area contributed by atoms with E-state index < -0.39 is 10.0 Å². The summed E-state index contributed by atoms with van der Waals surface area (Å²) in [5.41, 5.74) is 0.899. The number of benzene rings is 1. The predicted octanol–water partition coefficient (Wildman–Crippen LogP) is 2.53. The molecule has 0 fully saturated rings. The maximum Gasteiger partial charge on any atom is 0.240 e. The number of hydrogen-bond donors (Lipinski definition) is 2. The largest absolute Gasteiger partial charge is 0.313 e. The second-order valence-corrected chi connectivity index (χ2v) is 6.46. The summed E-state index contributed by atoms with van der Waals surface area (Å²) >= 11 is 6.10. The van der Waals surface area contributed by atoms with Crippen LogP contribution in [0.2, 0.25) is 5.02 Å². The zero-order valence-electron chi connectivity index (χ0n) is 11.4. The summed E-state index contributed by atoms with van der Waals surface area (Å²) < 4.78 is 26.6. The van der Waals surface area contributed by atoms with E-state index in [9.17, 15) is 8.42 Å². The average Bonchev–Trinajstić information content (AvgIpc) is 2.37. The molecular formula is C13H21ClN2O2S. The molecule has 0 atom stereocenters. The molecule has 0 aliphatic heterocycles. The Morgan fingerprint density at radius 3 is 2.58 bits per heavy atom. The molecule has 2 N–H and O–H groups in total. The molecular weight excluding hydrogens is 284 g/mol. The van der Waals surface area contributed by atoms with Gasteiger partial charge in [-0.25, -0.2) is 13.1 Å². The van der Waals surface area contributed by atoms with E-state index in [4.69, 9.17) is 11.6 Å². The van der Waals surface area contributed by atoms with Gasteiger partial charge in [0.05, 0.1) is 4.90 Å². The fourth-order valence-electron chi connectivity index (χ4n) is 1.56. The standard InChI is InChI=1S/C13H21ClN2O2S/c1-3-5-8-16-19(17,18)12-7-6-11(10-15-4-2)13(14)9-12/h6-7,9,15-16H,3-5,8,10H2,1-2H3. The van der Waals surface area contributed by atoms with Gasteiger partial charge in [-0.15, -0.1) is 0 Å². The van der Waals surface area contributed by atoms with Crippen LogP contribution in [0, 0.1) is 0 Å². The summed E-state index contributed by atoms with van der Waals surface area (Å²) in [4.78, 5) is 0.217. The van der Waals surface area contributed by atoms with Gasteiger partial charge in [-0.2, -0.15) is 0 Å². The molecule has 108 valence electrons. The molecule has 1 aromatic rings. The first-order valence-electron chi connectivity index (χ1n) is 6.50. The topological polar surface area (TPSA) is 58.2 Å². The van der Waals surface area contributed by atoms with Crippen LogP contribution >= 0.6 is 11.6 Å². The minimum atomic E-state index is -3.45. The molecule has 0 bridgehead atoms. The smallest absolute Gasteiger partial charge is 0.240 e. The molecule has 19 heavy (non-hydrogen) atoms. The highest BCUT2D eigenvalue weighted by molar-refractivity contribution is 7.89. The molecule has 0 aromatic heterocycles. The van der Waals surface area contributed by atoms with E-state index in [1.54, 1.807) is 12.1 Å². The molecule has 0 unspecified atom stereocenters. The zero-order chi connectivity index (χ0) is 14.3. The summed E-state index contributed by atoms with van der Waals surface area (Å²) in [6.07, 6.45) is 1.77. The van der Waals surface area contributed by atoms with E-state index >= 15 is 0 Å². The minimum Gasteiger partial charge on any atom is -0.313 e. The lowest BCUT2D eigenvalue weighted by molar-refractivity contribution is 0.578. The number of nitrogens with one attached hydrogen (secondary N) is 2. The molecule has 6 heteroatoms. The van der Waals surface area contributed by atoms with Crippen LogP contribution in [0.5, 0.6) is 0 Å². The second kappa shape index (κ2) is 7.85. The number of halogens is 1. The first-order valence-corrected chi connectivity index (χ1v) is 8.36. The lowest BCUT2D eigenvalue weighted by Gasteiger charge is -2.09. The Bertz CT molecular complexity index is 503. The van der Waals surface area contributed by atoms with E-state index in [0.29, 0.717) is 18.1 Å². The Balaban J connectivity index is 2.81. The molecule has 0 radical (unpaired) electrons. The monoisotopic (exact) mass is 304 g/mol. The lowest BCUT2D eigenvalue weighted by atomic mass is 10.2. The second-order valence-electron chi connectivity index (χ2n) is 4.28. The fourth-order valence-corrected chi connectivity index (χ4v) is 2.98. The molecule has 0 amide bonds. The van der Waals surface area contributed by atoms with Gasteiger partial charge in [-0.3, -0.25) is 0 Å². The van der Waals surface area contributed by atoms with Gasteiger partial charge in [-0.1, -0.05) is 37.9 Å². The van der Waals surface area contributed by atoms with Crippen LogP contribution in [0.3, 0.4) is 0 Å². The van der Waals surface area contributed by atoms with Gasteiger partial charge in [0.25, 0.3) is 0 Å². The summed E-state index contributed by atoms with van der Waals surface area (Å²) in [6, 6.07) is 4.84. The SMILES string of the molecule is CCCCNS(=O)(=O)c1ccc(CNCC)c(Cl)c1. The molecule has 0 saturated heterocycles. The minimum absolute atomic E-state index is 0.217. The summed E-state index contributed by atoms with van der Waals surface area (Å²) in [5.74, 6) is 0. The molecule has 0 saturated carbocycles. The fraction of sp³-hybridized carbons (Fsp3) is 0.538. The van der Waals surface area contributed by atoms with Crippen molar-refractivity contribution >= 4 is 21.6 Å². The van der Waals surface area contributed by atoms with Crippen molar-refractivity contribution in [1.29, 1.82) is 0 Å². The summed E-state index contributed by atoms with van der Waals surface area (Å²) in [6.45, 7) is 5.95. The van der Waals surface area contributed by atoms with Crippen LogP contribution in [0.25, 0.3) is 0 Å². The number of rotatable bonds is 8. The highest BCUT2D eigenvalue weighted by atomic mass is 35.5. The van der Waals surface area contributed by atoms with Crippen LogP contribution in [0.1, 0.15) is 32.3 Å². The van der Waals surface area contributed by atoms with Gasteiger partial charge in [0.15, 0.2) is 0 Å². The zero-order valence-corrected chi connectivity index (χ0v) is 12.9. The van der Waals surface area contributed by atoms with E-state index in [0.717, 1.165) is 24.9 Å².